The Morgan fingerprint density at radius 1 is 1.47 bits per heavy atom. The summed E-state index contributed by atoms with van der Waals surface area (Å²) in [5, 5.41) is 9.31. The van der Waals surface area contributed by atoms with Crippen molar-refractivity contribution in [2.24, 2.45) is 5.92 Å². The number of hydrogen-bond donors (Lipinski definition) is 1. The van der Waals surface area contributed by atoms with Crippen LogP contribution in [0.3, 0.4) is 0 Å². The van der Waals surface area contributed by atoms with Crippen LogP contribution in [0.1, 0.15) is 36.5 Å². The molecule has 0 saturated heterocycles. The van der Waals surface area contributed by atoms with Gasteiger partial charge in [0.2, 0.25) is 0 Å². The number of nitrogens with zero attached hydrogens (tertiary/aromatic N) is 1. The average Bonchev–Trinajstić information content (AvgIpc) is 2.37. The topological polar surface area (TPSA) is 49.8 Å². The summed E-state index contributed by atoms with van der Waals surface area (Å²) in [6.07, 6.45) is 3.80. The predicted molar refractivity (Wildman–Crippen MR) is 75.2 cm³/mol. The van der Waals surface area contributed by atoms with Gasteiger partial charge in [-0.2, -0.15) is 0 Å². The molecule has 1 saturated carbocycles. The van der Waals surface area contributed by atoms with Crippen LogP contribution in [-0.2, 0) is 0 Å². The van der Waals surface area contributed by atoms with Crippen molar-refractivity contribution in [3.05, 3.63) is 23.8 Å². The molecule has 0 aliphatic heterocycles. The van der Waals surface area contributed by atoms with Crippen LogP contribution in [0.5, 0.6) is 5.75 Å². The lowest BCUT2D eigenvalue weighted by molar-refractivity contribution is 0.0697. The first-order valence-corrected chi connectivity index (χ1v) is 6.82. The molecular weight excluding hydrogens is 242 g/mol. The maximum absolute atomic E-state index is 11.3. The van der Waals surface area contributed by atoms with E-state index in [1.165, 1.54) is 19.3 Å². The molecule has 1 fully saturated rings. The largest absolute Gasteiger partial charge is 0.497 e. The van der Waals surface area contributed by atoms with Gasteiger partial charge in [0.25, 0.3) is 0 Å². The first-order valence-electron chi connectivity index (χ1n) is 6.82. The number of aromatic carboxylic acids is 1. The number of carboxylic acid groups (broad SMARTS) is 1. The molecule has 2 rings (SSSR count). The summed E-state index contributed by atoms with van der Waals surface area (Å²) in [6.45, 7) is 3.80. The molecule has 0 atom stereocenters. The van der Waals surface area contributed by atoms with Crippen molar-refractivity contribution in [1.82, 2.24) is 0 Å². The van der Waals surface area contributed by atoms with Crippen LogP contribution >= 0.6 is 0 Å². The summed E-state index contributed by atoms with van der Waals surface area (Å²) in [5.74, 6) is 0.518. The lowest BCUT2D eigenvalue weighted by Crippen LogP contribution is -2.33. The van der Waals surface area contributed by atoms with Gasteiger partial charge in [0.1, 0.15) is 5.75 Å². The molecule has 0 radical (unpaired) electrons. The zero-order valence-electron chi connectivity index (χ0n) is 11.6. The maximum atomic E-state index is 11.3. The lowest BCUT2D eigenvalue weighted by Gasteiger charge is -2.33. The van der Waals surface area contributed by atoms with Crippen molar-refractivity contribution in [1.29, 1.82) is 0 Å². The van der Waals surface area contributed by atoms with Gasteiger partial charge in [-0.25, -0.2) is 4.79 Å². The Balaban J connectivity index is 2.29. The summed E-state index contributed by atoms with van der Waals surface area (Å²) < 4.78 is 5.21. The zero-order valence-corrected chi connectivity index (χ0v) is 11.6. The Bertz CT molecular complexity index is 455. The van der Waals surface area contributed by atoms with E-state index in [0.717, 1.165) is 18.8 Å². The first kappa shape index (κ1) is 13.7. The van der Waals surface area contributed by atoms with Gasteiger partial charge in [0, 0.05) is 19.2 Å². The van der Waals surface area contributed by atoms with Gasteiger partial charge in [-0.15, -0.1) is 0 Å². The van der Waals surface area contributed by atoms with E-state index in [2.05, 4.69) is 11.8 Å². The highest BCUT2D eigenvalue weighted by Crippen LogP contribution is 2.31. The Labute approximate surface area is 114 Å². The number of carboxylic acids is 1. The lowest BCUT2D eigenvalue weighted by atomic mass is 9.85. The molecule has 1 aromatic carbocycles. The molecular formula is C15H21NO3. The number of methoxy groups -OCH3 is 1. The number of ether oxygens (including phenoxy) is 1. The minimum atomic E-state index is -0.885. The summed E-state index contributed by atoms with van der Waals surface area (Å²) in [4.78, 5) is 13.5. The monoisotopic (exact) mass is 263 g/mol. The van der Waals surface area contributed by atoms with E-state index in [1.54, 1.807) is 19.2 Å². The van der Waals surface area contributed by atoms with E-state index in [4.69, 9.17) is 4.74 Å². The number of carbonyl (C=O) groups is 1. The van der Waals surface area contributed by atoms with Crippen LogP contribution in [0.4, 0.5) is 5.69 Å². The Morgan fingerprint density at radius 3 is 2.68 bits per heavy atom. The summed E-state index contributed by atoms with van der Waals surface area (Å²) >= 11 is 0. The van der Waals surface area contributed by atoms with Crippen LogP contribution < -0.4 is 9.64 Å². The van der Waals surface area contributed by atoms with Gasteiger partial charge in [0.15, 0.2) is 0 Å². The molecule has 4 nitrogen and oxygen atoms in total. The molecule has 0 spiro atoms. The number of hydrogen-bond acceptors (Lipinski definition) is 3. The molecule has 1 N–H and O–H groups in total. The molecule has 4 heteroatoms. The standard InChI is InChI=1S/C15H21NO3/c1-3-16(10-11-5-4-6-11)14-9-12(19-2)7-8-13(14)15(17)18/h7-9,11H,3-6,10H2,1-2H3,(H,17,18). The summed E-state index contributed by atoms with van der Waals surface area (Å²) in [7, 11) is 1.60. The zero-order chi connectivity index (χ0) is 13.8. The van der Waals surface area contributed by atoms with Crippen molar-refractivity contribution >= 4 is 11.7 Å². The number of benzene rings is 1. The van der Waals surface area contributed by atoms with Crippen molar-refractivity contribution in [3.8, 4) is 5.75 Å². The highest BCUT2D eigenvalue weighted by molar-refractivity contribution is 5.94. The van der Waals surface area contributed by atoms with Crippen molar-refractivity contribution in [3.63, 3.8) is 0 Å². The molecule has 104 valence electrons. The number of anilines is 1. The van der Waals surface area contributed by atoms with E-state index in [1.807, 2.05) is 6.07 Å². The van der Waals surface area contributed by atoms with E-state index >= 15 is 0 Å². The molecule has 1 aromatic rings. The fourth-order valence-electron chi connectivity index (χ4n) is 2.47. The molecule has 0 bridgehead atoms. The van der Waals surface area contributed by atoms with E-state index in [0.29, 0.717) is 17.2 Å². The predicted octanol–water partition coefficient (Wildman–Crippen LogP) is 3.02. The first-order chi connectivity index (χ1) is 9.15. The second-order valence-corrected chi connectivity index (χ2v) is 5.02. The minimum Gasteiger partial charge on any atom is -0.497 e. The van der Waals surface area contributed by atoms with Gasteiger partial charge in [-0.05, 0) is 37.8 Å². The third kappa shape index (κ3) is 3.00. The maximum Gasteiger partial charge on any atom is 0.337 e. The van der Waals surface area contributed by atoms with Gasteiger partial charge in [0.05, 0.1) is 18.4 Å². The van der Waals surface area contributed by atoms with Crippen molar-refractivity contribution < 1.29 is 14.6 Å². The van der Waals surface area contributed by atoms with Gasteiger partial charge >= 0.3 is 5.97 Å². The van der Waals surface area contributed by atoms with Gasteiger partial charge in [-0.3, -0.25) is 0 Å². The molecule has 0 aromatic heterocycles. The second kappa shape index (κ2) is 5.95. The van der Waals surface area contributed by atoms with Crippen molar-refractivity contribution in [2.75, 3.05) is 25.1 Å². The van der Waals surface area contributed by atoms with Crippen LogP contribution in [-0.4, -0.2) is 31.3 Å². The molecule has 0 unspecified atom stereocenters. The number of rotatable bonds is 6. The SMILES string of the molecule is CCN(CC1CCC1)c1cc(OC)ccc1C(=O)O. The molecule has 0 heterocycles. The van der Waals surface area contributed by atoms with E-state index in [9.17, 15) is 9.90 Å². The third-order valence-corrected chi connectivity index (χ3v) is 3.86. The Morgan fingerprint density at radius 2 is 2.21 bits per heavy atom. The van der Waals surface area contributed by atoms with Gasteiger partial charge in [-0.1, -0.05) is 6.42 Å². The Kier molecular flexibility index (Phi) is 4.30. The van der Waals surface area contributed by atoms with E-state index < -0.39 is 5.97 Å². The van der Waals surface area contributed by atoms with Gasteiger partial charge < -0.3 is 14.7 Å². The normalized spacial score (nSPS) is 14.8. The molecule has 1 aliphatic carbocycles. The van der Waals surface area contributed by atoms with Crippen LogP contribution in [0.15, 0.2) is 18.2 Å². The van der Waals surface area contributed by atoms with Crippen molar-refractivity contribution in [2.45, 2.75) is 26.2 Å². The van der Waals surface area contributed by atoms with Crippen LogP contribution in [0.25, 0.3) is 0 Å². The third-order valence-electron chi connectivity index (χ3n) is 3.86. The highest BCUT2D eigenvalue weighted by atomic mass is 16.5. The molecule has 1 aliphatic rings. The molecule has 0 amide bonds. The second-order valence-electron chi connectivity index (χ2n) is 5.02. The van der Waals surface area contributed by atoms with Crippen LogP contribution in [0.2, 0.25) is 0 Å². The Hall–Kier alpha value is -1.71. The average molecular weight is 263 g/mol. The minimum absolute atomic E-state index is 0.349. The highest BCUT2D eigenvalue weighted by Gasteiger charge is 2.23. The smallest absolute Gasteiger partial charge is 0.337 e. The van der Waals surface area contributed by atoms with Crippen LogP contribution in [0, 0.1) is 5.92 Å². The quantitative estimate of drug-likeness (QED) is 0.857. The fourth-order valence-corrected chi connectivity index (χ4v) is 2.47. The summed E-state index contributed by atoms with van der Waals surface area (Å²) in [6, 6.07) is 5.15. The molecule has 19 heavy (non-hydrogen) atoms. The summed E-state index contributed by atoms with van der Waals surface area (Å²) in [5.41, 5.74) is 1.11. The van der Waals surface area contributed by atoms with E-state index in [-0.39, 0.29) is 0 Å². The fraction of sp³-hybridized carbons (Fsp3) is 0.533.